The number of cyclic esters (lactones) is 1. The molecule has 1 aromatic rings. The molecule has 0 N–H and O–H groups in total. The predicted octanol–water partition coefficient (Wildman–Crippen LogP) is 2.90. The van der Waals surface area contributed by atoms with Crippen molar-refractivity contribution in [3.63, 3.8) is 0 Å². The fraction of sp³-hybridized carbons (Fsp3) is 0.385. The Hall–Kier alpha value is -1.53. The van der Waals surface area contributed by atoms with E-state index in [2.05, 4.69) is 0 Å². The van der Waals surface area contributed by atoms with Crippen molar-refractivity contribution in [2.24, 2.45) is 5.92 Å². The number of nitrogens with zero attached hydrogens (tertiary/aromatic N) is 1. The Labute approximate surface area is 105 Å². The Morgan fingerprint density at radius 1 is 1.35 bits per heavy atom. The number of hydrogen-bond donors (Lipinski definition) is 0. The number of benzene rings is 1. The van der Waals surface area contributed by atoms with Crippen LogP contribution in [0.15, 0.2) is 24.3 Å². The molecule has 1 aliphatic heterocycles. The summed E-state index contributed by atoms with van der Waals surface area (Å²) in [6, 6.07) is 9.20. The first kappa shape index (κ1) is 11.9. The summed E-state index contributed by atoms with van der Waals surface area (Å²) >= 11 is 5.83. The van der Waals surface area contributed by atoms with Crippen LogP contribution in [0.1, 0.15) is 25.3 Å². The van der Waals surface area contributed by atoms with E-state index in [1.54, 1.807) is 12.1 Å². The molecule has 2 atom stereocenters. The van der Waals surface area contributed by atoms with Gasteiger partial charge in [0.25, 0.3) is 0 Å². The lowest BCUT2D eigenvalue weighted by Crippen LogP contribution is -2.27. The Bertz CT molecular complexity index is 487. The Morgan fingerprint density at radius 3 is 2.47 bits per heavy atom. The maximum Gasteiger partial charge on any atom is 0.324 e. The van der Waals surface area contributed by atoms with Gasteiger partial charge in [0.05, 0.1) is 6.07 Å². The minimum Gasteiger partial charge on any atom is -0.458 e. The molecule has 1 aliphatic rings. The molecular formula is C13H12ClNO2. The van der Waals surface area contributed by atoms with Crippen molar-refractivity contribution in [3.05, 3.63) is 34.9 Å². The highest BCUT2D eigenvalue weighted by molar-refractivity contribution is 6.30. The molecular weight excluding hydrogens is 238 g/mol. The summed E-state index contributed by atoms with van der Waals surface area (Å²) in [4.78, 5) is 11.6. The zero-order chi connectivity index (χ0) is 12.6. The minimum absolute atomic E-state index is 0.253. The fourth-order valence-corrected chi connectivity index (χ4v) is 2.44. The monoisotopic (exact) mass is 249 g/mol. The molecule has 0 bridgehead atoms. The van der Waals surface area contributed by atoms with Crippen molar-refractivity contribution in [2.75, 3.05) is 0 Å². The normalized spacial score (nSPS) is 26.4. The van der Waals surface area contributed by atoms with E-state index < -0.39 is 17.5 Å². The van der Waals surface area contributed by atoms with Crippen LogP contribution in [-0.2, 0) is 9.53 Å². The highest BCUT2D eigenvalue weighted by Gasteiger charge is 2.50. The summed E-state index contributed by atoms with van der Waals surface area (Å²) in [6.45, 7) is 3.64. The van der Waals surface area contributed by atoms with Crippen molar-refractivity contribution >= 4 is 17.6 Å². The van der Waals surface area contributed by atoms with Gasteiger partial charge in [-0.3, -0.25) is 4.79 Å². The summed E-state index contributed by atoms with van der Waals surface area (Å²) in [5.41, 5.74) is 0.238. The third-order valence-corrected chi connectivity index (χ3v) is 3.32. The van der Waals surface area contributed by atoms with E-state index >= 15 is 0 Å². The molecule has 1 fully saturated rings. The number of rotatable bonds is 1. The van der Waals surface area contributed by atoms with Gasteiger partial charge in [0.2, 0.25) is 0 Å². The van der Waals surface area contributed by atoms with Crippen LogP contribution >= 0.6 is 11.6 Å². The first-order valence-electron chi connectivity index (χ1n) is 5.33. The zero-order valence-electron chi connectivity index (χ0n) is 9.61. The Balaban J connectivity index is 2.45. The number of ether oxygens (including phenoxy) is 1. The van der Waals surface area contributed by atoms with Gasteiger partial charge >= 0.3 is 5.97 Å². The summed E-state index contributed by atoms with van der Waals surface area (Å²) < 4.78 is 5.26. The molecule has 3 nitrogen and oxygen atoms in total. The second-order valence-electron chi connectivity index (χ2n) is 4.66. The molecule has 0 saturated carbocycles. The van der Waals surface area contributed by atoms with Crippen LogP contribution in [0, 0.1) is 17.2 Å². The van der Waals surface area contributed by atoms with Gasteiger partial charge in [0.1, 0.15) is 5.60 Å². The fourth-order valence-electron chi connectivity index (χ4n) is 2.31. The lowest BCUT2D eigenvalue weighted by Gasteiger charge is -2.25. The van der Waals surface area contributed by atoms with E-state index in [4.69, 9.17) is 21.6 Å². The molecule has 0 spiro atoms. The van der Waals surface area contributed by atoms with Crippen molar-refractivity contribution in [1.82, 2.24) is 0 Å². The molecule has 0 aromatic heterocycles. The molecule has 1 heterocycles. The first-order chi connectivity index (χ1) is 7.95. The molecule has 1 aromatic carbocycles. The third-order valence-electron chi connectivity index (χ3n) is 3.07. The van der Waals surface area contributed by atoms with Gasteiger partial charge in [-0.25, -0.2) is 0 Å². The van der Waals surface area contributed by atoms with E-state index in [0.29, 0.717) is 5.02 Å². The van der Waals surface area contributed by atoms with Gasteiger partial charge in [-0.1, -0.05) is 23.7 Å². The molecule has 0 aliphatic carbocycles. The first-order valence-corrected chi connectivity index (χ1v) is 5.71. The second kappa shape index (κ2) is 4.05. The second-order valence-corrected chi connectivity index (χ2v) is 5.10. The zero-order valence-corrected chi connectivity index (χ0v) is 10.4. The van der Waals surface area contributed by atoms with Gasteiger partial charge in [-0.2, -0.15) is 5.26 Å². The van der Waals surface area contributed by atoms with E-state index in [1.807, 2.05) is 32.0 Å². The summed E-state index contributed by atoms with van der Waals surface area (Å²) in [7, 11) is 0. The molecule has 0 amide bonds. The van der Waals surface area contributed by atoms with E-state index in [-0.39, 0.29) is 5.92 Å². The van der Waals surface area contributed by atoms with Crippen LogP contribution < -0.4 is 0 Å². The number of hydrogen-bond acceptors (Lipinski definition) is 3. The number of esters is 1. The van der Waals surface area contributed by atoms with E-state index in [9.17, 15) is 4.79 Å². The van der Waals surface area contributed by atoms with Crippen molar-refractivity contribution in [2.45, 2.75) is 25.4 Å². The Kier molecular flexibility index (Phi) is 2.84. The van der Waals surface area contributed by atoms with Crippen LogP contribution in [0.25, 0.3) is 0 Å². The molecule has 2 unspecified atom stereocenters. The highest BCUT2D eigenvalue weighted by atomic mass is 35.5. The van der Waals surface area contributed by atoms with Gasteiger partial charge in [0, 0.05) is 10.9 Å². The minimum atomic E-state index is -0.744. The number of carbonyl (C=O) groups excluding carboxylic acids is 1. The van der Waals surface area contributed by atoms with Crippen molar-refractivity contribution in [3.8, 4) is 6.07 Å². The van der Waals surface area contributed by atoms with Crippen molar-refractivity contribution in [1.29, 1.82) is 5.26 Å². The van der Waals surface area contributed by atoms with Crippen LogP contribution in [0.2, 0.25) is 5.02 Å². The third kappa shape index (κ3) is 2.01. The number of carbonyl (C=O) groups is 1. The standard InChI is InChI=1S/C13H12ClNO2/c1-13(2)11(10(7-15)12(16)17-13)8-3-5-9(14)6-4-8/h3-6,10-11H,1-2H3. The van der Waals surface area contributed by atoms with Crippen LogP contribution in [-0.4, -0.2) is 11.6 Å². The Morgan fingerprint density at radius 2 is 1.94 bits per heavy atom. The quantitative estimate of drug-likeness (QED) is 0.719. The maximum atomic E-state index is 11.6. The lowest BCUT2D eigenvalue weighted by atomic mass is 9.79. The smallest absolute Gasteiger partial charge is 0.324 e. The van der Waals surface area contributed by atoms with Crippen LogP contribution in [0.5, 0.6) is 0 Å². The number of nitriles is 1. The molecule has 17 heavy (non-hydrogen) atoms. The molecule has 1 saturated heterocycles. The summed E-state index contributed by atoms with van der Waals surface area (Å²) in [6.07, 6.45) is 0. The van der Waals surface area contributed by atoms with E-state index in [1.165, 1.54) is 0 Å². The maximum absolute atomic E-state index is 11.6. The average Bonchev–Trinajstić information content (AvgIpc) is 2.49. The van der Waals surface area contributed by atoms with Gasteiger partial charge in [0.15, 0.2) is 5.92 Å². The van der Waals surface area contributed by atoms with E-state index in [0.717, 1.165) is 5.56 Å². The average molecular weight is 250 g/mol. The highest BCUT2D eigenvalue weighted by Crippen LogP contribution is 2.44. The lowest BCUT2D eigenvalue weighted by molar-refractivity contribution is -0.147. The molecule has 88 valence electrons. The molecule has 2 rings (SSSR count). The van der Waals surface area contributed by atoms with Crippen LogP contribution in [0.4, 0.5) is 0 Å². The van der Waals surface area contributed by atoms with Crippen molar-refractivity contribution < 1.29 is 9.53 Å². The van der Waals surface area contributed by atoms with Gasteiger partial charge in [-0.05, 0) is 31.5 Å². The number of halogens is 1. The van der Waals surface area contributed by atoms with Gasteiger partial charge in [-0.15, -0.1) is 0 Å². The summed E-state index contributed by atoms with van der Waals surface area (Å²) in [5, 5.41) is 9.71. The molecule has 4 heteroatoms. The summed E-state index contributed by atoms with van der Waals surface area (Å²) in [5.74, 6) is -1.44. The largest absolute Gasteiger partial charge is 0.458 e. The topological polar surface area (TPSA) is 50.1 Å². The van der Waals surface area contributed by atoms with Crippen LogP contribution in [0.3, 0.4) is 0 Å². The molecule has 0 radical (unpaired) electrons. The predicted molar refractivity (Wildman–Crippen MR) is 63.5 cm³/mol. The SMILES string of the molecule is CC1(C)OC(=O)C(C#N)C1c1ccc(Cl)cc1. The van der Waals surface area contributed by atoms with Gasteiger partial charge < -0.3 is 4.74 Å².